The van der Waals surface area contributed by atoms with Gasteiger partial charge in [0.2, 0.25) is 0 Å². The second-order valence-corrected chi connectivity index (χ2v) is 8.07. The van der Waals surface area contributed by atoms with Crippen LogP contribution in [-0.4, -0.2) is 41.7 Å². The quantitative estimate of drug-likeness (QED) is 0.744. The second-order valence-electron chi connectivity index (χ2n) is 7.69. The molecule has 2 aromatic carbocycles. The van der Waals surface area contributed by atoms with Gasteiger partial charge in [0.1, 0.15) is 0 Å². The van der Waals surface area contributed by atoms with Gasteiger partial charge in [0, 0.05) is 25.3 Å². The van der Waals surface area contributed by atoms with E-state index in [1.54, 1.807) is 0 Å². The van der Waals surface area contributed by atoms with Gasteiger partial charge in [0.15, 0.2) is 5.11 Å². The second kappa shape index (κ2) is 8.84. The van der Waals surface area contributed by atoms with Gasteiger partial charge >= 0.3 is 0 Å². The maximum absolute atomic E-state index is 12.7. The molecule has 4 rings (SSSR count). The van der Waals surface area contributed by atoms with Crippen LogP contribution < -0.4 is 5.32 Å². The Balaban J connectivity index is 1.38. The van der Waals surface area contributed by atoms with Crippen molar-refractivity contribution in [3.05, 3.63) is 60.2 Å². The van der Waals surface area contributed by atoms with E-state index < -0.39 is 0 Å². The van der Waals surface area contributed by atoms with Crippen LogP contribution in [0.2, 0.25) is 0 Å². The van der Waals surface area contributed by atoms with Crippen molar-refractivity contribution in [1.29, 1.82) is 0 Å². The molecule has 1 amide bonds. The van der Waals surface area contributed by atoms with Crippen LogP contribution >= 0.6 is 12.2 Å². The number of carbonyl (C=O) groups excluding carboxylic acids is 1. The molecule has 1 heterocycles. The molecule has 0 bridgehead atoms. The van der Waals surface area contributed by atoms with Crippen molar-refractivity contribution in [2.45, 2.75) is 31.8 Å². The number of hydrogen-bond acceptors (Lipinski definition) is 3. The van der Waals surface area contributed by atoms with Gasteiger partial charge in [0.25, 0.3) is 5.91 Å². The molecule has 2 aliphatic rings. The van der Waals surface area contributed by atoms with E-state index >= 15 is 0 Å². The first-order valence-electron chi connectivity index (χ1n) is 10.1. The molecule has 4 nitrogen and oxygen atoms in total. The van der Waals surface area contributed by atoms with Crippen LogP contribution in [0.5, 0.6) is 0 Å². The van der Waals surface area contributed by atoms with E-state index in [4.69, 9.17) is 17.0 Å². The smallest absolute Gasteiger partial charge is 0.257 e. The molecule has 28 heavy (non-hydrogen) atoms. The van der Waals surface area contributed by atoms with Gasteiger partial charge in [0.05, 0.1) is 6.10 Å². The highest BCUT2D eigenvalue weighted by Gasteiger charge is 2.28. The van der Waals surface area contributed by atoms with Crippen molar-refractivity contribution in [2.75, 3.05) is 19.7 Å². The molecule has 1 N–H and O–H groups in total. The molecule has 1 unspecified atom stereocenters. The number of nitrogens with one attached hydrogen (secondary N) is 1. The largest absolute Gasteiger partial charge is 0.376 e. The fraction of sp³-hybridized carbons (Fsp3) is 0.391. The van der Waals surface area contributed by atoms with Crippen molar-refractivity contribution in [3.63, 3.8) is 0 Å². The predicted molar refractivity (Wildman–Crippen MR) is 115 cm³/mol. The number of rotatable bonds is 6. The van der Waals surface area contributed by atoms with Gasteiger partial charge in [-0.2, -0.15) is 0 Å². The van der Waals surface area contributed by atoms with Crippen molar-refractivity contribution in [1.82, 2.24) is 10.2 Å². The Hall–Kier alpha value is -2.24. The average molecular weight is 395 g/mol. The first-order valence-corrected chi connectivity index (χ1v) is 10.5. The number of ether oxygens (including phenoxy) is 1. The Labute approximate surface area is 171 Å². The molecule has 1 aliphatic carbocycles. The fourth-order valence-corrected chi connectivity index (χ4v) is 3.82. The third-order valence-corrected chi connectivity index (χ3v) is 5.75. The van der Waals surface area contributed by atoms with Crippen LogP contribution in [0.1, 0.15) is 36.0 Å². The number of benzene rings is 2. The predicted octanol–water partition coefficient (Wildman–Crippen LogP) is 4.26. The van der Waals surface area contributed by atoms with E-state index in [2.05, 4.69) is 22.3 Å². The number of carbonyl (C=O) groups is 1. The summed E-state index contributed by atoms with van der Waals surface area (Å²) in [4.78, 5) is 14.8. The summed E-state index contributed by atoms with van der Waals surface area (Å²) < 4.78 is 5.77. The van der Waals surface area contributed by atoms with Gasteiger partial charge in [-0.15, -0.1) is 0 Å². The minimum Gasteiger partial charge on any atom is -0.376 e. The summed E-state index contributed by atoms with van der Waals surface area (Å²) in [6.45, 7) is 2.50. The summed E-state index contributed by atoms with van der Waals surface area (Å²) in [6.07, 6.45) is 4.89. The highest BCUT2D eigenvalue weighted by Crippen LogP contribution is 2.30. The van der Waals surface area contributed by atoms with Crippen LogP contribution in [0.3, 0.4) is 0 Å². The van der Waals surface area contributed by atoms with Crippen molar-refractivity contribution < 1.29 is 9.53 Å². The van der Waals surface area contributed by atoms with Gasteiger partial charge < -0.3 is 9.64 Å². The molecule has 0 spiro atoms. The number of hydrogen-bond donors (Lipinski definition) is 1. The normalized spacial score (nSPS) is 18.6. The molecule has 2 aromatic rings. The SMILES string of the molecule is O=C(NC(=S)N(CC1CC1)CC1CCCO1)c1ccc(-c2ccccc2)cc1. The molecule has 0 radical (unpaired) electrons. The molecule has 1 saturated heterocycles. The Morgan fingerprint density at radius 1 is 1.00 bits per heavy atom. The highest BCUT2D eigenvalue weighted by atomic mass is 32.1. The van der Waals surface area contributed by atoms with E-state index in [1.807, 2.05) is 42.5 Å². The monoisotopic (exact) mass is 394 g/mol. The summed E-state index contributed by atoms with van der Waals surface area (Å²) in [5.74, 6) is 0.541. The number of nitrogens with zero attached hydrogens (tertiary/aromatic N) is 1. The lowest BCUT2D eigenvalue weighted by atomic mass is 10.0. The Morgan fingerprint density at radius 2 is 1.71 bits per heavy atom. The number of thiocarbonyl (C=S) groups is 1. The third-order valence-electron chi connectivity index (χ3n) is 5.39. The van der Waals surface area contributed by atoms with Gasteiger partial charge in [-0.3, -0.25) is 10.1 Å². The standard InChI is InChI=1S/C23H26N2O2S/c26-22(20-12-10-19(11-13-20)18-5-2-1-3-6-18)24-23(28)25(15-17-8-9-17)16-21-7-4-14-27-21/h1-3,5-6,10-13,17,21H,4,7-9,14-16H2,(H,24,26,28). The summed E-state index contributed by atoms with van der Waals surface area (Å²) in [5.41, 5.74) is 2.84. The van der Waals surface area contributed by atoms with E-state index in [9.17, 15) is 4.79 Å². The number of amides is 1. The van der Waals surface area contributed by atoms with E-state index in [1.165, 1.54) is 12.8 Å². The lowest BCUT2D eigenvalue weighted by molar-refractivity contribution is 0.0879. The van der Waals surface area contributed by atoms with Gasteiger partial charge in [-0.1, -0.05) is 42.5 Å². The first-order chi connectivity index (χ1) is 13.7. The first kappa shape index (κ1) is 19.1. The zero-order valence-corrected chi connectivity index (χ0v) is 16.8. The van der Waals surface area contributed by atoms with Crippen LogP contribution in [-0.2, 0) is 4.74 Å². The average Bonchev–Trinajstić information content (AvgIpc) is 3.40. The molecular weight excluding hydrogens is 368 g/mol. The summed E-state index contributed by atoms with van der Waals surface area (Å²) >= 11 is 5.57. The van der Waals surface area contributed by atoms with Crippen LogP contribution in [0.25, 0.3) is 11.1 Å². The minimum atomic E-state index is -0.155. The molecule has 1 saturated carbocycles. The molecule has 1 aliphatic heterocycles. The Morgan fingerprint density at radius 3 is 2.36 bits per heavy atom. The Kier molecular flexibility index (Phi) is 6.03. The van der Waals surface area contributed by atoms with Crippen LogP contribution in [0, 0.1) is 5.92 Å². The molecular formula is C23H26N2O2S. The van der Waals surface area contributed by atoms with Gasteiger partial charge in [-0.25, -0.2) is 0 Å². The topological polar surface area (TPSA) is 41.6 Å². The van der Waals surface area contributed by atoms with Crippen molar-refractivity contribution in [3.8, 4) is 11.1 Å². The maximum Gasteiger partial charge on any atom is 0.257 e. The highest BCUT2D eigenvalue weighted by molar-refractivity contribution is 7.80. The van der Waals surface area contributed by atoms with E-state index in [-0.39, 0.29) is 12.0 Å². The summed E-state index contributed by atoms with van der Waals surface area (Å²) in [5, 5.41) is 3.44. The Bertz CT molecular complexity index is 812. The van der Waals surface area contributed by atoms with Crippen molar-refractivity contribution >= 4 is 23.2 Å². The fourth-order valence-electron chi connectivity index (χ4n) is 3.58. The van der Waals surface area contributed by atoms with Crippen molar-refractivity contribution in [2.24, 2.45) is 5.92 Å². The molecule has 5 heteroatoms. The maximum atomic E-state index is 12.7. The zero-order valence-electron chi connectivity index (χ0n) is 16.0. The van der Waals surface area contributed by atoms with E-state index in [0.717, 1.165) is 43.7 Å². The molecule has 0 aromatic heterocycles. The third kappa shape index (κ3) is 4.97. The molecule has 1 atom stereocenters. The zero-order chi connectivity index (χ0) is 19.3. The summed E-state index contributed by atoms with van der Waals surface area (Å²) in [7, 11) is 0. The lowest BCUT2D eigenvalue weighted by Gasteiger charge is -2.27. The lowest BCUT2D eigenvalue weighted by Crippen LogP contribution is -2.46. The van der Waals surface area contributed by atoms with Gasteiger partial charge in [-0.05, 0) is 67.1 Å². The van der Waals surface area contributed by atoms with Crippen LogP contribution in [0.15, 0.2) is 54.6 Å². The van der Waals surface area contributed by atoms with E-state index in [0.29, 0.717) is 16.6 Å². The molecule has 2 fully saturated rings. The van der Waals surface area contributed by atoms with Crippen LogP contribution in [0.4, 0.5) is 0 Å². The molecule has 146 valence electrons. The summed E-state index contributed by atoms with van der Waals surface area (Å²) in [6, 6.07) is 17.8. The minimum absolute atomic E-state index is 0.155.